The zero-order chi connectivity index (χ0) is 20.0. The van der Waals surface area contributed by atoms with E-state index in [0.29, 0.717) is 22.6 Å². The number of rotatable bonds is 3. The number of fused-ring (bicyclic) bond motifs is 1. The average Bonchev–Trinajstić information content (AvgIpc) is 3.18. The Morgan fingerprint density at radius 1 is 1.00 bits per heavy atom. The third-order valence-corrected chi connectivity index (χ3v) is 5.13. The average molecular weight is 375 g/mol. The second-order valence-corrected chi connectivity index (χ2v) is 6.93. The van der Waals surface area contributed by atoms with Crippen molar-refractivity contribution >= 4 is 17.0 Å². The van der Waals surface area contributed by atoms with Crippen molar-refractivity contribution in [2.24, 2.45) is 0 Å². The van der Waals surface area contributed by atoms with E-state index in [2.05, 4.69) is 9.97 Å². The van der Waals surface area contributed by atoms with Gasteiger partial charge in [0.05, 0.1) is 29.5 Å². The Hall–Kier alpha value is -3.54. The number of benzene rings is 2. The van der Waals surface area contributed by atoms with Gasteiger partial charge >= 0.3 is 11.7 Å². The molecule has 4 aromatic rings. The molecule has 142 valence electrons. The number of esters is 1. The first-order valence-corrected chi connectivity index (χ1v) is 9.01. The summed E-state index contributed by atoms with van der Waals surface area (Å²) in [6, 6.07) is 13.5. The zero-order valence-electron chi connectivity index (χ0n) is 16.2. The van der Waals surface area contributed by atoms with Gasteiger partial charge in [0, 0.05) is 11.3 Å². The second-order valence-electron chi connectivity index (χ2n) is 6.93. The molecule has 28 heavy (non-hydrogen) atoms. The third kappa shape index (κ3) is 2.65. The van der Waals surface area contributed by atoms with Crippen LogP contribution in [0.5, 0.6) is 0 Å². The number of methoxy groups -OCH3 is 1. The lowest BCUT2D eigenvalue weighted by Crippen LogP contribution is -2.18. The molecule has 0 bridgehead atoms. The highest BCUT2D eigenvalue weighted by Gasteiger charge is 2.26. The maximum Gasteiger partial charge on any atom is 0.341 e. The maximum atomic E-state index is 13.0. The lowest BCUT2D eigenvalue weighted by Gasteiger charge is -2.10. The van der Waals surface area contributed by atoms with Crippen LogP contribution in [0.25, 0.3) is 28.0 Å². The molecule has 0 fully saturated rings. The number of hydrogen-bond donors (Lipinski definition) is 2. The molecule has 2 N–H and O–H groups in total. The summed E-state index contributed by atoms with van der Waals surface area (Å²) in [5.74, 6) is -0.490. The molecule has 0 aliphatic rings. The molecule has 0 saturated heterocycles. The summed E-state index contributed by atoms with van der Waals surface area (Å²) in [5.41, 5.74) is 6.34. The van der Waals surface area contributed by atoms with E-state index in [0.717, 1.165) is 27.7 Å². The summed E-state index contributed by atoms with van der Waals surface area (Å²) in [6.07, 6.45) is 0. The largest absolute Gasteiger partial charge is 0.465 e. The molecule has 0 saturated carbocycles. The van der Waals surface area contributed by atoms with Gasteiger partial charge in [0.15, 0.2) is 0 Å². The van der Waals surface area contributed by atoms with Crippen molar-refractivity contribution < 1.29 is 9.53 Å². The number of aryl methyl sites for hydroxylation is 3. The summed E-state index contributed by atoms with van der Waals surface area (Å²) < 4.78 is 6.57. The molecule has 0 spiro atoms. The van der Waals surface area contributed by atoms with Crippen molar-refractivity contribution in [3.05, 3.63) is 75.3 Å². The standard InChI is InChI=1S/C22H21N3O3/c1-12-10-16-17(11-13(12)2)25(22(27)24-16)20-18(21(26)28-4)14(3)23-19(20)15-8-6-5-7-9-15/h5-11,23H,1-4H3,(H,24,27). The lowest BCUT2D eigenvalue weighted by atomic mass is 10.1. The molecule has 2 aromatic carbocycles. The minimum absolute atomic E-state index is 0.304. The Balaban J connectivity index is 2.14. The van der Waals surface area contributed by atoms with Crippen molar-refractivity contribution in [1.82, 2.24) is 14.5 Å². The smallest absolute Gasteiger partial charge is 0.341 e. The molecule has 6 heteroatoms. The number of hydrogen-bond acceptors (Lipinski definition) is 3. The van der Waals surface area contributed by atoms with Gasteiger partial charge in [-0.05, 0) is 44.0 Å². The quantitative estimate of drug-likeness (QED) is 0.531. The number of ether oxygens (including phenoxy) is 1. The molecule has 2 aromatic heterocycles. The van der Waals surface area contributed by atoms with Crippen molar-refractivity contribution in [2.45, 2.75) is 20.8 Å². The molecule has 0 amide bonds. The van der Waals surface area contributed by atoms with E-state index in [9.17, 15) is 9.59 Å². The highest BCUT2D eigenvalue weighted by Crippen LogP contribution is 2.33. The number of imidazole rings is 1. The van der Waals surface area contributed by atoms with Crippen molar-refractivity contribution in [3.63, 3.8) is 0 Å². The number of nitrogens with one attached hydrogen (secondary N) is 2. The Morgan fingerprint density at radius 3 is 2.36 bits per heavy atom. The number of carbonyl (C=O) groups excluding carboxylic acids is 1. The molecule has 0 atom stereocenters. The van der Waals surface area contributed by atoms with E-state index in [-0.39, 0.29) is 5.69 Å². The Kier molecular flexibility index (Phi) is 4.19. The normalized spacial score (nSPS) is 11.1. The van der Waals surface area contributed by atoms with Crippen LogP contribution in [0.3, 0.4) is 0 Å². The van der Waals surface area contributed by atoms with Crippen LogP contribution in [0.4, 0.5) is 0 Å². The predicted octanol–water partition coefficient (Wildman–Crippen LogP) is 4.03. The van der Waals surface area contributed by atoms with Crippen LogP contribution in [0, 0.1) is 20.8 Å². The summed E-state index contributed by atoms with van der Waals surface area (Å²) in [5, 5.41) is 0. The van der Waals surface area contributed by atoms with E-state index in [1.54, 1.807) is 11.5 Å². The van der Waals surface area contributed by atoms with Gasteiger partial charge in [-0.15, -0.1) is 0 Å². The van der Waals surface area contributed by atoms with E-state index in [4.69, 9.17) is 4.74 Å². The van der Waals surface area contributed by atoms with E-state index >= 15 is 0 Å². The summed E-state index contributed by atoms with van der Waals surface area (Å²) in [7, 11) is 1.34. The van der Waals surface area contributed by atoms with Crippen LogP contribution in [-0.4, -0.2) is 27.6 Å². The first-order chi connectivity index (χ1) is 13.4. The molecular formula is C22H21N3O3. The molecular weight excluding hydrogens is 354 g/mol. The number of aromatic amines is 2. The fourth-order valence-electron chi connectivity index (χ4n) is 3.59. The van der Waals surface area contributed by atoms with Crippen LogP contribution >= 0.6 is 0 Å². The first-order valence-electron chi connectivity index (χ1n) is 9.01. The van der Waals surface area contributed by atoms with Crippen LogP contribution < -0.4 is 5.69 Å². The number of carbonyl (C=O) groups is 1. The van der Waals surface area contributed by atoms with Gasteiger partial charge in [0.1, 0.15) is 5.56 Å². The fourth-order valence-corrected chi connectivity index (χ4v) is 3.59. The number of aromatic nitrogens is 3. The second kappa shape index (κ2) is 6.56. The SMILES string of the molecule is COC(=O)c1c(C)[nH]c(-c2ccccc2)c1-n1c(=O)[nH]c2cc(C)c(C)cc21. The van der Waals surface area contributed by atoms with Gasteiger partial charge in [0.25, 0.3) is 0 Å². The topological polar surface area (TPSA) is 79.9 Å². The molecule has 0 aliphatic carbocycles. The Labute approximate surface area is 161 Å². The van der Waals surface area contributed by atoms with Crippen LogP contribution in [0.15, 0.2) is 47.3 Å². The number of nitrogens with zero attached hydrogens (tertiary/aromatic N) is 1. The molecule has 6 nitrogen and oxygen atoms in total. The van der Waals surface area contributed by atoms with Gasteiger partial charge in [0.2, 0.25) is 0 Å². The summed E-state index contributed by atoms with van der Waals surface area (Å²) in [6.45, 7) is 5.80. The van der Waals surface area contributed by atoms with E-state index < -0.39 is 5.97 Å². The predicted molar refractivity (Wildman–Crippen MR) is 109 cm³/mol. The van der Waals surface area contributed by atoms with Crippen LogP contribution in [-0.2, 0) is 4.74 Å². The summed E-state index contributed by atoms with van der Waals surface area (Å²) in [4.78, 5) is 31.7. The highest BCUT2D eigenvalue weighted by molar-refractivity contribution is 5.99. The maximum absolute atomic E-state index is 13.0. The number of H-pyrrole nitrogens is 2. The Bertz CT molecular complexity index is 1260. The molecule has 0 aliphatic heterocycles. The van der Waals surface area contributed by atoms with E-state index in [1.807, 2.05) is 56.3 Å². The van der Waals surface area contributed by atoms with E-state index in [1.165, 1.54) is 7.11 Å². The van der Waals surface area contributed by atoms with Crippen molar-refractivity contribution in [2.75, 3.05) is 7.11 Å². The molecule has 0 radical (unpaired) electrons. The molecule has 0 unspecified atom stereocenters. The molecule has 2 heterocycles. The third-order valence-electron chi connectivity index (χ3n) is 5.13. The highest BCUT2D eigenvalue weighted by atomic mass is 16.5. The summed E-state index contributed by atoms with van der Waals surface area (Å²) >= 11 is 0. The monoisotopic (exact) mass is 375 g/mol. The van der Waals surface area contributed by atoms with Gasteiger partial charge in [-0.3, -0.25) is 4.57 Å². The zero-order valence-corrected chi connectivity index (χ0v) is 16.2. The van der Waals surface area contributed by atoms with Crippen LogP contribution in [0.2, 0.25) is 0 Å². The Morgan fingerprint density at radius 2 is 1.68 bits per heavy atom. The fraction of sp³-hybridized carbons (Fsp3) is 0.182. The lowest BCUT2D eigenvalue weighted by molar-refractivity contribution is 0.0600. The van der Waals surface area contributed by atoms with Gasteiger partial charge in [-0.1, -0.05) is 30.3 Å². The minimum Gasteiger partial charge on any atom is -0.465 e. The minimum atomic E-state index is -0.490. The van der Waals surface area contributed by atoms with Crippen molar-refractivity contribution in [1.29, 1.82) is 0 Å². The van der Waals surface area contributed by atoms with Crippen LogP contribution in [0.1, 0.15) is 27.2 Å². The van der Waals surface area contributed by atoms with Gasteiger partial charge in [-0.25, -0.2) is 9.59 Å². The van der Waals surface area contributed by atoms with Crippen molar-refractivity contribution in [3.8, 4) is 16.9 Å². The molecule has 4 rings (SSSR count). The van der Waals surface area contributed by atoms with Gasteiger partial charge < -0.3 is 14.7 Å². The first kappa shape index (κ1) is 17.9. The van der Waals surface area contributed by atoms with Gasteiger partial charge in [-0.2, -0.15) is 0 Å².